The van der Waals surface area contributed by atoms with E-state index in [1.165, 1.54) is 18.2 Å². The highest BCUT2D eigenvalue weighted by molar-refractivity contribution is 5.26. The van der Waals surface area contributed by atoms with E-state index in [1.807, 2.05) is 0 Å². The van der Waals surface area contributed by atoms with E-state index < -0.39 is 12.5 Å². The molecule has 1 aromatic carbocycles. The maximum absolute atomic E-state index is 12.2. The molecule has 0 spiro atoms. The number of aliphatic hydroxyl groups is 1. The van der Waals surface area contributed by atoms with E-state index in [2.05, 4.69) is 0 Å². The summed E-state index contributed by atoms with van der Waals surface area (Å²) in [4.78, 5) is 0. The first kappa shape index (κ1) is 10.1. The first-order chi connectivity index (χ1) is 6.15. The predicted molar refractivity (Wildman–Crippen MR) is 45.4 cm³/mol. The summed E-state index contributed by atoms with van der Waals surface area (Å²) in [6.07, 6.45) is -2.49. The van der Waals surface area contributed by atoms with Crippen LogP contribution in [-0.2, 0) is 0 Å². The van der Waals surface area contributed by atoms with E-state index in [0.717, 1.165) is 0 Å². The van der Waals surface area contributed by atoms with Crippen LogP contribution in [0.25, 0.3) is 0 Å². The monoisotopic (exact) mass is 187 g/mol. The lowest BCUT2D eigenvalue weighted by molar-refractivity contribution is 0.151. The number of halogens is 2. The molecule has 1 atom stereocenters. The van der Waals surface area contributed by atoms with Crippen LogP contribution in [0.3, 0.4) is 0 Å². The molecule has 0 fully saturated rings. The number of aliphatic hydroxyl groups excluding tert-OH is 1. The van der Waals surface area contributed by atoms with Crippen LogP contribution < -0.4 is 5.73 Å². The standard InChI is InChI=1S/C9H11F2NO/c10-9(11)7-3-1-2-6(4-7)8(12)5-13/h1-4,8-9,13H,5,12H2/t8-/m0/s1. The van der Waals surface area contributed by atoms with Crippen LogP contribution in [0.4, 0.5) is 8.78 Å². The third kappa shape index (κ3) is 2.47. The Labute approximate surface area is 75.0 Å². The average molecular weight is 187 g/mol. The molecule has 0 saturated carbocycles. The zero-order valence-corrected chi connectivity index (χ0v) is 6.95. The van der Waals surface area contributed by atoms with Crippen molar-refractivity contribution in [3.8, 4) is 0 Å². The van der Waals surface area contributed by atoms with Crippen molar-refractivity contribution < 1.29 is 13.9 Å². The summed E-state index contributed by atoms with van der Waals surface area (Å²) < 4.78 is 24.4. The molecule has 0 bridgehead atoms. The van der Waals surface area contributed by atoms with Gasteiger partial charge in [0.15, 0.2) is 0 Å². The van der Waals surface area contributed by atoms with Crippen molar-refractivity contribution in [2.24, 2.45) is 5.73 Å². The van der Waals surface area contributed by atoms with Crippen LogP contribution in [0.5, 0.6) is 0 Å². The van der Waals surface area contributed by atoms with Gasteiger partial charge in [-0.3, -0.25) is 0 Å². The molecule has 0 aliphatic heterocycles. The lowest BCUT2D eigenvalue weighted by Gasteiger charge is -2.09. The highest BCUT2D eigenvalue weighted by Gasteiger charge is 2.09. The van der Waals surface area contributed by atoms with Gasteiger partial charge in [-0.25, -0.2) is 8.78 Å². The number of hydrogen-bond acceptors (Lipinski definition) is 2. The summed E-state index contributed by atoms with van der Waals surface area (Å²) >= 11 is 0. The quantitative estimate of drug-likeness (QED) is 0.755. The van der Waals surface area contributed by atoms with Crippen LogP contribution in [0, 0.1) is 0 Å². The van der Waals surface area contributed by atoms with Gasteiger partial charge in [-0.2, -0.15) is 0 Å². The van der Waals surface area contributed by atoms with E-state index in [1.54, 1.807) is 6.07 Å². The second kappa shape index (κ2) is 4.30. The predicted octanol–water partition coefficient (Wildman–Crippen LogP) is 1.62. The molecule has 0 saturated heterocycles. The Hall–Kier alpha value is -1.00. The van der Waals surface area contributed by atoms with Gasteiger partial charge in [0, 0.05) is 5.56 Å². The van der Waals surface area contributed by atoms with Crippen LogP contribution in [0.2, 0.25) is 0 Å². The van der Waals surface area contributed by atoms with Gasteiger partial charge >= 0.3 is 0 Å². The molecule has 72 valence electrons. The van der Waals surface area contributed by atoms with Crippen molar-refractivity contribution in [1.82, 2.24) is 0 Å². The summed E-state index contributed by atoms with van der Waals surface area (Å²) in [5.41, 5.74) is 5.93. The van der Waals surface area contributed by atoms with Gasteiger partial charge in [0.05, 0.1) is 12.6 Å². The van der Waals surface area contributed by atoms with Gasteiger partial charge in [-0.1, -0.05) is 18.2 Å². The third-order valence-electron chi connectivity index (χ3n) is 1.79. The Morgan fingerprint density at radius 2 is 1.92 bits per heavy atom. The topological polar surface area (TPSA) is 46.2 Å². The smallest absolute Gasteiger partial charge is 0.263 e. The molecular formula is C9H11F2NO. The summed E-state index contributed by atoms with van der Waals surface area (Å²) in [5.74, 6) is 0. The number of nitrogens with two attached hydrogens (primary N) is 1. The summed E-state index contributed by atoms with van der Waals surface area (Å²) in [6, 6.07) is 5.18. The van der Waals surface area contributed by atoms with Gasteiger partial charge in [0.25, 0.3) is 6.43 Å². The lowest BCUT2D eigenvalue weighted by atomic mass is 10.1. The van der Waals surface area contributed by atoms with Gasteiger partial charge < -0.3 is 10.8 Å². The van der Waals surface area contributed by atoms with E-state index >= 15 is 0 Å². The molecule has 3 N–H and O–H groups in total. The minimum atomic E-state index is -2.49. The van der Waals surface area contributed by atoms with E-state index in [9.17, 15) is 8.78 Å². The second-order valence-electron chi connectivity index (χ2n) is 2.76. The molecule has 13 heavy (non-hydrogen) atoms. The first-order valence-electron chi connectivity index (χ1n) is 3.89. The largest absolute Gasteiger partial charge is 0.394 e. The Kier molecular flexibility index (Phi) is 3.33. The third-order valence-corrected chi connectivity index (χ3v) is 1.79. The van der Waals surface area contributed by atoms with Crippen molar-refractivity contribution in [2.75, 3.05) is 6.61 Å². The first-order valence-corrected chi connectivity index (χ1v) is 3.89. The van der Waals surface area contributed by atoms with Crippen molar-refractivity contribution in [2.45, 2.75) is 12.5 Å². The molecule has 1 aromatic rings. The molecular weight excluding hydrogens is 176 g/mol. The van der Waals surface area contributed by atoms with Crippen molar-refractivity contribution in [1.29, 1.82) is 0 Å². The molecule has 0 aromatic heterocycles. The number of rotatable bonds is 3. The van der Waals surface area contributed by atoms with Gasteiger partial charge in [-0.15, -0.1) is 0 Å². The fourth-order valence-corrected chi connectivity index (χ4v) is 1.03. The van der Waals surface area contributed by atoms with Crippen molar-refractivity contribution in [3.63, 3.8) is 0 Å². The number of hydrogen-bond donors (Lipinski definition) is 2. The van der Waals surface area contributed by atoms with Crippen molar-refractivity contribution in [3.05, 3.63) is 35.4 Å². The molecule has 2 nitrogen and oxygen atoms in total. The van der Waals surface area contributed by atoms with Crippen molar-refractivity contribution >= 4 is 0 Å². The molecule has 1 rings (SSSR count). The SMILES string of the molecule is N[C@@H](CO)c1cccc(C(F)F)c1. The minimum Gasteiger partial charge on any atom is -0.394 e. The molecule has 0 radical (unpaired) electrons. The fourth-order valence-electron chi connectivity index (χ4n) is 1.03. The number of benzene rings is 1. The maximum atomic E-state index is 12.2. The zero-order valence-electron chi connectivity index (χ0n) is 6.95. The fraction of sp³-hybridized carbons (Fsp3) is 0.333. The van der Waals surface area contributed by atoms with E-state index in [0.29, 0.717) is 5.56 Å². The maximum Gasteiger partial charge on any atom is 0.263 e. The average Bonchev–Trinajstić information content (AvgIpc) is 2.17. The molecule has 4 heteroatoms. The number of alkyl halides is 2. The summed E-state index contributed by atoms with van der Waals surface area (Å²) in [6.45, 7) is -0.243. The molecule has 0 heterocycles. The molecule has 0 aliphatic carbocycles. The minimum absolute atomic E-state index is 0.0681. The Balaban J connectivity index is 2.91. The molecule has 0 amide bonds. The van der Waals surface area contributed by atoms with Crippen LogP contribution in [-0.4, -0.2) is 11.7 Å². The van der Waals surface area contributed by atoms with Crippen LogP contribution in [0.1, 0.15) is 23.6 Å². The van der Waals surface area contributed by atoms with Gasteiger partial charge in [-0.05, 0) is 11.6 Å². The Morgan fingerprint density at radius 1 is 1.31 bits per heavy atom. The summed E-state index contributed by atoms with van der Waals surface area (Å²) in [7, 11) is 0. The Morgan fingerprint density at radius 3 is 2.46 bits per heavy atom. The second-order valence-corrected chi connectivity index (χ2v) is 2.76. The van der Waals surface area contributed by atoms with Crippen LogP contribution >= 0.6 is 0 Å². The van der Waals surface area contributed by atoms with Crippen LogP contribution in [0.15, 0.2) is 24.3 Å². The van der Waals surface area contributed by atoms with Gasteiger partial charge in [0.2, 0.25) is 0 Å². The van der Waals surface area contributed by atoms with Gasteiger partial charge in [0.1, 0.15) is 0 Å². The molecule has 0 aliphatic rings. The van der Waals surface area contributed by atoms with E-state index in [-0.39, 0.29) is 12.2 Å². The van der Waals surface area contributed by atoms with E-state index in [4.69, 9.17) is 10.8 Å². The highest BCUT2D eigenvalue weighted by Crippen LogP contribution is 2.21. The Bertz CT molecular complexity index is 278. The zero-order chi connectivity index (χ0) is 9.84. The normalized spacial score (nSPS) is 13.3. The lowest BCUT2D eigenvalue weighted by Crippen LogP contribution is -2.14. The highest BCUT2D eigenvalue weighted by atomic mass is 19.3. The summed E-state index contributed by atoms with van der Waals surface area (Å²) in [5, 5.41) is 8.71. The molecule has 0 unspecified atom stereocenters.